The molecular formula is CH30O39S8. The molecule has 0 heterocycles. The SMILES string of the molecule is C=O.O.O.O.O.O.O.O=S(=O)(O)O.O=S(=O)(O)O.O=S(=O)(O)O.O=S(=O)(O)O.O=S(=O)(O)O.O=S(=O)(O)O.O=S(=O)(O)O.O=S(=O)(O)O. The molecule has 28 N–H and O–H groups in total. The average Bonchev–Trinajstić information content (AvgIpc) is 2.32. The Labute approximate surface area is 267 Å². The minimum absolute atomic E-state index is 0. The van der Waals surface area contributed by atoms with E-state index >= 15 is 0 Å². The van der Waals surface area contributed by atoms with E-state index in [1.165, 1.54) is 0 Å². The van der Waals surface area contributed by atoms with Crippen molar-refractivity contribution >= 4 is 90.0 Å². The summed E-state index contributed by atoms with van der Waals surface area (Å²) < 4.78 is 253. The van der Waals surface area contributed by atoms with Gasteiger partial charge in [0.15, 0.2) is 0 Å². The lowest BCUT2D eigenvalue weighted by atomic mass is 11.9. The van der Waals surface area contributed by atoms with Gasteiger partial charge in [-0.1, -0.05) is 0 Å². The standard InChI is InChI=1S/CH2O.8H2O4S.6H2O/c1-2;8*1-5(2,3)4;;;;;;/h1H2;8*(H2,1,2,3,4);6*1H2. The van der Waals surface area contributed by atoms with Crippen LogP contribution in [0.1, 0.15) is 0 Å². The highest BCUT2D eigenvalue weighted by molar-refractivity contribution is 7.81. The summed E-state index contributed by atoms with van der Waals surface area (Å²) in [5, 5.41) is 0. The maximum Gasteiger partial charge on any atom is 0.394 e. The fraction of sp³-hybridized carbons (Fsp3) is 0. The lowest BCUT2D eigenvalue weighted by Crippen LogP contribution is -1.89. The Balaban J connectivity index is -0.0000000194. The maximum absolute atomic E-state index is 8.74. The molecule has 48 heavy (non-hydrogen) atoms. The van der Waals surface area contributed by atoms with Gasteiger partial charge in [0, 0.05) is 0 Å². The van der Waals surface area contributed by atoms with E-state index in [0.717, 1.165) is 0 Å². The Hall–Kier alpha value is -1.61. The van der Waals surface area contributed by atoms with Gasteiger partial charge in [-0.2, -0.15) is 67.3 Å². The molecule has 0 atom stereocenters. The van der Waals surface area contributed by atoms with Crippen LogP contribution in [0.2, 0.25) is 0 Å². The van der Waals surface area contributed by atoms with Gasteiger partial charge in [-0.05, 0) is 0 Å². The molecule has 0 aliphatic rings. The van der Waals surface area contributed by atoms with Gasteiger partial charge in [0.2, 0.25) is 0 Å². The largest absolute Gasteiger partial charge is 0.412 e. The predicted octanol–water partition coefficient (Wildman–Crippen LogP) is -10.4. The van der Waals surface area contributed by atoms with E-state index in [1.54, 1.807) is 0 Å². The summed E-state index contributed by atoms with van der Waals surface area (Å²) in [4.78, 5) is 8.00. The predicted molar refractivity (Wildman–Crippen MR) is 142 cm³/mol. The van der Waals surface area contributed by atoms with Crippen LogP contribution in [-0.4, -0.2) is 180 Å². The summed E-state index contributed by atoms with van der Waals surface area (Å²) in [6.07, 6.45) is 0. The van der Waals surface area contributed by atoms with Crippen LogP contribution in [0.5, 0.6) is 0 Å². The molecule has 39 nitrogen and oxygen atoms in total. The molecule has 47 heteroatoms. The van der Waals surface area contributed by atoms with E-state index in [4.69, 9.17) is 145 Å². The second-order valence-corrected chi connectivity index (χ2v) is 10.7. The Morgan fingerprint density at radius 1 is 0.188 bits per heavy atom. The first-order chi connectivity index (χ1) is 17.0. The third-order valence-electron chi connectivity index (χ3n) is 0. The van der Waals surface area contributed by atoms with Crippen LogP contribution in [-0.2, 0) is 88.0 Å². The zero-order valence-corrected chi connectivity index (χ0v) is 27.6. The van der Waals surface area contributed by atoms with Gasteiger partial charge in [-0.15, -0.1) is 0 Å². The van der Waals surface area contributed by atoms with Crippen LogP contribution >= 0.6 is 0 Å². The van der Waals surface area contributed by atoms with Crippen molar-refractivity contribution in [1.29, 1.82) is 0 Å². The molecule has 0 aromatic carbocycles. The molecule has 0 aromatic rings. The van der Waals surface area contributed by atoms with Crippen molar-refractivity contribution in [2.45, 2.75) is 0 Å². The van der Waals surface area contributed by atoms with E-state index in [2.05, 4.69) is 0 Å². The fourth-order valence-corrected chi connectivity index (χ4v) is 0. The van der Waals surface area contributed by atoms with Crippen molar-refractivity contribution in [3.05, 3.63) is 0 Å². The average molecular weight is 923 g/mol. The summed E-state index contributed by atoms with van der Waals surface area (Å²) in [5.74, 6) is 0. The van der Waals surface area contributed by atoms with Crippen LogP contribution in [0.4, 0.5) is 0 Å². The van der Waals surface area contributed by atoms with Crippen molar-refractivity contribution < 1.29 is 178 Å². The lowest BCUT2D eigenvalue weighted by Gasteiger charge is -1.68. The second kappa shape index (κ2) is 41.6. The number of hydrogen-bond donors (Lipinski definition) is 16. The second-order valence-electron chi connectivity index (χ2n) is 3.58. The van der Waals surface area contributed by atoms with Gasteiger partial charge in [0.25, 0.3) is 0 Å². The third kappa shape index (κ3) is 32200. The molecule has 316 valence electrons. The molecule has 0 radical (unpaired) electrons. The first-order valence-electron chi connectivity index (χ1n) is 5.88. The monoisotopic (exact) mass is 922 g/mol. The van der Waals surface area contributed by atoms with Crippen molar-refractivity contribution in [3.8, 4) is 0 Å². The summed E-state index contributed by atoms with van der Waals surface area (Å²) in [7, 11) is -37.3. The van der Waals surface area contributed by atoms with E-state index < -0.39 is 83.2 Å². The molecule has 0 fully saturated rings. The van der Waals surface area contributed by atoms with E-state index in [9.17, 15) is 0 Å². The highest BCUT2D eigenvalue weighted by Crippen LogP contribution is 1.62. The Kier molecular flexibility index (Phi) is 84.0. The van der Waals surface area contributed by atoms with Gasteiger partial charge in [0.1, 0.15) is 6.79 Å². The summed E-state index contributed by atoms with van der Waals surface area (Å²) in [6.45, 7) is 2.00. The molecule has 0 saturated carbocycles. The molecule has 0 unspecified atom stereocenters. The van der Waals surface area contributed by atoms with Crippen LogP contribution in [0, 0.1) is 0 Å². The number of carbonyl (C=O) groups excluding carboxylic acids is 1. The number of rotatable bonds is 0. The zero-order valence-electron chi connectivity index (χ0n) is 21.1. The molecule has 0 aromatic heterocycles. The molecule has 0 aliphatic heterocycles. The van der Waals surface area contributed by atoms with E-state index in [0.29, 0.717) is 0 Å². The van der Waals surface area contributed by atoms with Gasteiger partial charge in [0.05, 0.1) is 0 Å². The fourth-order valence-electron chi connectivity index (χ4n) is 0. The smallest absolute Gasteiger partial charge is 0.394 e. The van der Waals surface area contributed by atoms with Crippen molar-refractivity contribution in [1.82, 2.24) is 0 Å². The Morgan fingerprint density at radius 2 is 0.188 bits per heavy atom. The molecule has 0 aliphatic carbocycles. The van der Waals surface area contributed by atoms with Crippen LogP contribution in [0.25, 0.3) is 0 Å². The Bertz CT molecular complexity index is 1080. The summed E-state index contributed by atoms with van der Waals surface area (Å²) in [6, 6.07) is 0. The van der Waals surface area contributed by atoms with Gasteiger partial charge in [-0.3, -0.25) is 72.8 Å². The van der Waals surface area contributed by atoms with E-state index in [-0.39, 0.29) is 32.9 Å². The van der Waals surface area contributed by atoms with Crippen molar-refractivity contribution in [2.75, 3.05) is 0 Å². The minimum Gasteiger partial charge on any atom is -0.412 e. The molecule has 0 rings (SSSR count). The van der Waals surface area contributed by atoms with E-state index in [1.807, 2.05) is 6.79 Å². The molecule has 0 spiro atoms. The highest BCUT2D eigenvalue weighted by atomic mass is 32.3. The topological polar surface area (TPSA) is 803 Å². The normalized spacial score (nSPS) is 9.75. The Morgan fingerprint density at radius 3 is 0.188 bits per heavy atom. The number of carbonyl (C=O) groups is 1. The molecule has 0 bridgehead atoms. The van der Waals surface area contributed by atoms with Crippen molar-refractivity contribution in [3.63, 3.8) is 0 Å². The van der Waals surface area contributed by atoms with Crippen LogP contribution in [0.15, 0.2) is 0 Å². The van der Waals surface area contributed by atoms with Gasteiger partial charge >= 0.3 is 83.2 Å². The van der Waals surface area contributed by atoms with Gasteiger partial charge in [-0.25, -0.2) is 0 Å². The highest BCUT2D eigenvalue weighted by Gasteiger charge is 1.87. The molecular weight excluding hydrogens is 893 g/mol. The first-order valence-corrected chi connectivity index (χ1v) is 17.1. The lowest BCUT2D eigenvalue weighted by molar-refractivity contribution is -0.0980. The maximum atomic E-state index is 8.74. The first kappa shape index (κ1) is 97.0. The quantitative estimate of drug-likeness (QED) is 0.100. The molecule has 0 saturated heterocycles. The summed E-state index contributed by atoms with van der Waals surface area (Å²) in [5.41, 5.74) is 0. The molecule has 0 amide bonds. The van der Waals surface area contributed by atoms with Crippen LogP contribution in [0.3, 0.4) is 0 Å². The summed E-state index contributed by atoms with van der Waals surface area (Å²) >= 11 is 0. The zero-order chi connectivity index (χ0) is 38.0. The third-order valence-corrected chi connectivity index (χ3v) is 0. The minimum atomic E-state index is -4.67. The van der Waals surface area contributed by atoms with Crippen LogP contribution < -0.4 is 0 Å². The number of hydrogen-bond acceptors (Lipinski definition) is 17. The van der Waals surface area contributed by atoms with Gasteiger partial charge < -0.3 is 37.7 Å². The van der Waals surface area contributed by atoms with Crippen molar-refractivity contribution in [2.24, 2.45) is 0 Å².